The van der Waals surface area contributed by atoms with Crippen LogP contribution in [-0.4, -0.2) is 12.1 Å². The molecule has 0 aromatic heterocycles. The van der Waals surface area contributed by atoms with Gasteiger partial charge in [0.05, 0.1) is 10.7 Å². The molecule has 3 aromatic carbocycles. The molecule has 2 N–H and O–H groups in total. The average Bonchev–Trinajstić information content (AvgIpc) is 2.72. The van der Waals surface area contributed by atoms with Crippen LogP contribution < -0.4 is 10.6 Å². The SMILES string of the molecule is O=C(Nc1ccccc1)/C(Nc1ccccc1)=C(Cl)/C=N\c1ccccc1. The lowest BCUT2D eigenvalue weighted by molar-refractivity contribution is -0.112. The molecule has 0 heterocycles. The fraction of sp³-hybridized carbons (Fsp3) is 0. The summed E-state index contributed by atoms with van der Waals surface area (Å²) in [7, 11) is 0. The summed E-state index contributed by atoms with van der Waals surface area (Å²) in [6.45, 7) is 0. The van der Waals surface area contributed by atoms with Crippen LogP contribution in [0.25, 0.3) is 0 Å². The molecule has 0 aliphatic rings. The molecule has 0 bridgehead atoms. The van der Waals surface area contributed by atoms with Crippen molar-refractivity contribution in [2.75, 3.05) is 10.6 Å². The molecule has 0 aliphatic carbocycles. The maximum absolute atomic E-state index is 12.8. The van der Waals surface area contributed by atoms with Crippen molar-refractivity contribution < 1.29 is 4.79 Å². The first-order chi connectivity index (χ1) is 13.2. The van der Waals surface area contributed by atoms with Gasteiger partial charge in [0, 0.05) is 17.6 Å². The monoisotopic (exact) mass is 375 g/mol. The second-order valence-electron chi connectivity index (χ2n) is 5.63. The van der Waals surface area contributed by atoms with Crippen molar-refractivity contribution in [3.63, 3.8) is 0 Å². The number of hydrogen-bond donors (Lipinski definition) is 2. The first kappa shape index (κ1) is 18.4. The van der Waals surface area contributed by atoms with E-state index in [1.807, 2.05) is 91.0 Å². The maximum Gasteiger partial charge on any atom is 0.273 e. The molecule has 0 fully saturated rings. The highest BCUT2D eigenvalue weighted by Gasteiger charge is 2.14. The molecule has 1 amide bonds. The summed E-state index contributed by atoms with van der Waals surface area (Å²) in [5.41, 5.74) is 2.39. The highest BCUT2D eigenvalue weighted by atomic mass is 35.5. The number of para-hydroxylation sites is 3. The van der Waals surface area contributed by atoms with E-state index in [4.69, 9.17) is 11.6 Å². The molecular formula is C22H18ClN3O. The Kier molecular flexibility index (Phi) is 6.39. The Labute approximate surface area is 163 Å². The molecule has 0 radical (unpaired) electrons. The molecule has 0 unspecified atom stereocenters. The molecule has 5 heteroatoms. The molecule has 0 spiro atoms. The number of halogens is 1. The highest BCUT2D eigenvalue weighted by Crippen LogP contribution is 2.18. The van der Waals surface area contributed by atoms with E-state index in [0.29, 0.717) is 5.69 Å². The second kappa shape index (κ2) is 9.36. The minimum Gasteiger partial charge on any atom is -0.350 e. The Morgan fingerprint density at radius 2 is 1.22 bits per heavy atom. The van der Waals surface area contributed by atoms with Crippen LogP contribution in [0.5, 0.6) is 0 Å². The quantitative estimate of drug-likeness (QED) is 0.436. The third kappa shape index (κ3) is 5.56. The summed E-state index contributed by atoms with van der Waals surface area (Å²) in [5, 5.41) is 6.12. The number of amides is 1. The smallest absolute Gasteiger partial charge is 0.273 e. The minimum atomic E-state index is -0.352. The molecule has 3 rings (SSSR count). The van der Waals surface area contributed by atoms with E-state index in [9.17, 15) is 4.79 Å². The third-order valence-electron chi connectivity index (χ3n) is 3.62. The van der Waals surface area contributed by atoms with Crippen molar-refractivity contribution in [1.29, 1.82) is 0 Å². The van der Waals surface area contributed by atoms with Gasteiger partial charge in [0.2, 0.25) is 0 Å². The van der Waals surface area contributed by atoms with Gasteiger partial charge in [-0.2, -0.15) is 0 Å². The van der Waals surface area contributed by atoms with Crippen LogP contribution in [0.15, 0.2) is 107 Å². The normalized spacial score (nSPS) is 11.7. The van der Waals surface area contributed by atoms with Crippen LogP contribution in [0.3, 0.4) is 0 Å². The number of allylic oxidation sites excluding steroid dienone is 1. The van der Waals surface area contributed by atoms with Crippen molar-refractivity contribution in [2.24, 2.45) is 4.99 Å². The van der Waals surface area contributed by atoms with Gasteiger partial charge in [0.25, 0.3) is 5.91 Å². The van der Waals surface area contributed by atoms with E-state index < -0.39 is 0 Å². The molecule has 0 aliphatic heterocycles. The Morgan fingerprint density at radius 3 is 1.78 bits per heavy atom. The highest BCUT2D eigenvalue weighted by molar-refractivity contribution is 6.42. The summed E-state index contributed by atoms with van der Waals surface area (Å²) >= 11 is 6.41. The zero-order chi connectivity index (χ0) is 18.9. The number of anilines is 2. The Bertz CT molecular complexity index is 939. The molecule has 0 saturated heterocycles. The number of nitrogens with one attached hydrogen (secondary N) is 2. The number of rotatable bonds is 6. The molecule has 0 atom stereocenters. The van der Waals surface area contributed by atoms with Crippen LogP contribution in [0.1, 0.15) is 0 Å². The van der Waals surface area contributed by atoms with E-state index in [0.717, 1.165) is 11.4 Å². The van der Waals surface area contributed by atoms with Gasteiger partial charge >= 0.3 is 0 Å². The van der Waals surface area contributed by atoms with Gasteiger partial charge in [-0.1, -0.05) is 66.2 Å². The van der Waals surface area contributed by atoms with E-state index >= 15 is 0 Å². The second-order valence-corrected chi connectivity index (χ2v) is 6.04. The number of hydrogen-bond acceptors (Lipinski definition) is 3. The molecule has 0 saturated carbocycles. The molecule has 3 aromatic rings. The summed E-state index contributed by atoms with van der Waals surface area (Å²) in [6.07, 6.45) is 1.47. The fourth-order valence-electron chi connectivity index (χ4n) is 2.32. The zero-order valence-corrected chi connectivity index (χ0v) is 15.2. The lowest BCUT2D eigenvalue weighted by Gasteiger charge is -2.12. The van der Waals surface area contributed by atoms with Crippen LogP contribution in [-0.2, 0) is 4.79 Å². The fourth-order valence-corrected chi connectivity index (χ4v) is 2.50. The Morgan fingerprint density at radius 1 is 0.741 bits per heavy atom. The van der Waals surface area contributed by atoms with Gasteiger partial charge in [-0.15, -0.1) is 0 Å². The Balaban J connectivity index is 1.88. The van der Waals surface area contributed by atoms with Crippen molar-refractivity contribution in [3.8, 4) is 0 Å². The van der Waals surface area contributed by atoms with Crippen molar-refractivity contribution >= 4 is 40.8 Å². The van der Waals surface area contributed by atoms with Gasteiger partial charge in [-0.05, 0) is 36.4 Å². The largest absolute Gasteiger partial charge is 0.350 e. The average molecular weight is 376 g/mol. The molecule has 27 heavy (non-hydrogen) atoms. The summed E-state index contributed by atoms with van der Waals surface area (Å²) in [4.78, 5) is 17.1. The summed E-state index contributed by atoms with van der Waals surface area (Å²) in [5.74, 6) is -0.352. The predicted molar refractivity (Wildman–Crippen MR) is 113 cm³/mol. The number of carbonyl (C=O) groups is 1. The van der Waals surface area contributed by atoms with Crippen molar-refractivity contribution in [3.05, 3.63) is 102 Å². The van der Waals surface area contributed by atoms with Gasteiger partial charge in [0.1, 0.15) is 5.70 Å². The maximum atomic E-state index is 12.8. The third-order valence-corrected chi connectivity index (χ3v) is 3.91. The molecule has 4 nitrogen and oxygen atoms in total. The predicted octanol–water partition coefficient (Wildman–Crippen LogP) is 5.59. The standard InChI is InChI=1S/C22H18ClN3O/c23-20(16-24-17-10-4-1-5-11-17)21(25-18-12-6-2-7-13-18)22(27)26-19-14-8-3-9-15-19/h1-16,25H,(H,26,27)/b21-20+,24-16-. The van der Waals surface area contributed by atoms with Gasteiger partial charge in [-0.3, -0.25) is 9.79 Å². The van der Waals surface area contributed by atoms with Crippen LogP contribution in [0, 0.1) is 0 Å². The number of carbonyl (C=O) groups excluding carboxylic acids is 1. The lowest BCUT2D eigenvalue weighted by Crippen LogP contribution is -2.21. The van der Waals surface area contributed by atoms with Gasteiger partial charge < -0.3 is 10.6 Å². The minimum absolute atomic E-state index is 0.205. The van der Waals surface area contributed by atoms with E-state index in [1.165, 1.54) is 6.21 Å². The van der Waals surface area contributed by atoms with Crippen molar-refractivity contribution in [2.45, 2.75) is 0 Å². The van der Waals surface area contributed by atoms with Crippen LogP contribution in [0.2, 0.25) is 0 Å². The number of nitrogens with zero attached hydrogens (tertiary/aromatic N) is 1. The molecular weight excluding hydrogens is 358 g/mol. The van der Waals surface area contributed by atoms with Crippen LogP contribution >= 0.6 is 11.6 Å². The van der Waals surface area contributed by atoms with E-state index in [1.54, 1.807) is 0 Å². The first-order valence-electron chi connectivity index (χ1n) is 8.40. The lowest BCUT2D eigenvalue weighted by atomic mass is 10.2. The summed E-state index contributed by atoms with van der Waals surface area (Å²) < 4.78 is 0. The van der Waals surface area contributed by atoms with Crippen molar-refractivity contribution in [1.82, 2.24) is 0 Å². The number of aliphatic imine (C=N–C) groups is 1. The number of benzene rings is 3. The Hall–Kier alpha value is -3.37. The van der Waals surface area contributed by atoms with Gasteiger partial charge in [-0.25, -0.2) is 0 Å². The van der Waals surface area contributed by atoms with Gasteiger partial charge in [0.15, 0.2) is 0 Å². The molecule has 134 valence electrons. The zero-order valence-electron chi connectivity index (χ0n) is 14.5. The van der Waals surface area contributed by atoms with E-state index in [-0.39, 0.29) is 16.6 Å². The summed E-state index contributed by atoms with van der Waals surface area (Å²) in [6, 6.07) is 28.0. The first-order valence-corrected chi connectivity index (χ1v) is 8.77. The topological polar surface area (TPSA) is 53.5 Å². The van der Waals surface area contributed by atoms with Crippen LogP contribution in [0.4, 0.5) is 17.1 Å². The van der Waals surface area contributed by atoms with E-state index in [2.05, 4.69) is 15.6 Å².